The fraction of sp³-hybridized carbons (Fsp3) is 0.909. The van der Waals surface area contributed by atoms with Gasteiger partial charge >= 0.3 is 0 Å². The molecule has 2 aliphatic rings. The molecule has 0 aromatic heterocycles. The Labute approximate surface area is 97.8 Å². The molecule has 0 unspecified atom stereocenters. The molecule has 1 heterocycles. The number of hydrogen-bond donors (Lipinski definition) is 0. The highest BCUT2D eigenvalue weighted by Gasteiger charge is 2.38. The minimum Gasteiger partial charge on any atom is -0.379 e. The summed E-state index contributed by atoms with van der Waals surface area (Å²) in [5, 5.41) is 9.36. The SMILES string of the molecule is Cl.N#CC1(N2CCOCC2)CCCCC1. The zero-order valence-electron chi connectivity index (χ0n) is 9.07. The second kappa shape index (κ2) is 5.69. The van der Waals surface area contributed by atoms with E-state index >= 15 is 0 Å². The third-order valence-electron chi connectivity index (χ3n) is 3.51. The molecule has 15 heavy (non-hydrogen) atoms. The van der Waals surface area contributed by atoms with E-state index in [0.29, 0.717) is 0 Å². The van der Waals surface area contributed by atoms with Crippen LogP contribution in [0.5, 0.6) is 0 Å². The standard InChI is InChI=1S/C11H18N2O.ClH/c12-10-11(4-2-1-3-5-11)13-6-8-14-9-7-13;/h1-9H2;1H. The van der Waals surface area contributed by atoms with Gasteiger partial charge in [0.1, 0.15) is 5.54 Å². The largest absolute Gasteiger partial charge is 0.379 e. The lowest BCUT2D eigenvalue weighted by atomic mass is 9.81. The van der Waals surface area contributed by atoms with Crippen molar-refractivity contribution in [3.05, 3.63) is 0 Å². The molecule has 2 fully saturated rings. The van der Waals surface area contributed by atoms with Crippen LogP contribution < -0.4 is 0 Å². The van der Waals surface area contributed by atoms with E-state index in [9.17, 15) is 5.26 Å². The predicted octanol–water partition coefficient (Wildman–Crippen LogP) is 1.97. The molecule has 0 bridgehead atoms. The van der Waals surface area contributed by atoms with Gasteiger partial charge in [0.15, 0.2) is 0 Å². The van der Waals surface area contributed by atoms with E-state index in [1.807, 2.05) is 0 Å². The van der Waals surface area contributed by atoms with Crippen molar-refractivity contribution in [2.75, 3.05) is 26.3 Å². The Hall–Kier alpha value is -0.300. The third-order valence-corrected chi connectivity index (χ3v) is 3.51. The molecular weight excluding hydrogens is 212 g/mol. The fourth-order valence-electron chi connectivity index (χ4n) is 2.63. The van der Waals surface area contributed by atoms with Crippen LogP contribution in [0.2, 0.25) is 0 Å². The molecule has 3 nitrogen and oxygen atoms in total. The molecule has 1 aliphatic heterocycles. The van der Waals surface area contributed by atoms with Crippen molar-refractivity contribution in [3.63, 3.8) is 0 Å². The van der Waals surface area contributed by atoms with Crippen molar-refractivity contribution in [3.8, 4) is 6.07 Å². The van der Waals surface area contributed by atoms with Gasteiger partial charge in [-0.25, -0.2) is 0 Å². The van der Waals surface area contributed by atoms with Crippen LogP contribution in [0.1, 0.15) is 32.1 Å². The van der Waals surface area contributed by atoms with Crippen LogP contribution in [0.25, 0.3) is 0 Å². The summed E-state index contributed by atoms with van der Waals surface area (Å²) in [5.41, 5.74) is -0.151. The number of nitrogens with zero attached hydrogens (tertiary/aromatic N) is 2. The van der Waals surface area contributed by atoms with E-state index in [-0.39, 0.29) is 17.9 Å². The van der Waals surface area contributed by atoms with E-state index in [4.69, 9.17) is 4.74 Å². The zero-order chi connectivity index (χ0) is 9.86. The molecule has 0 radical (unpaired) electrons. The molecule has 0 atom stereocenters. The maximum absolute atomic E-state index is 9.36. The van der Waals surface area contributed by atoms with Crippen LogP contribution in [0.4, 0.5) is 0 Å². The Morgan fingerprint density at radius 1 is 1.07 bits per heavy atom. The van der Waals surface area contributed by atoms with Gasteiger partial charge in [-0.05, 0) is 12.8 Å². The summed E-state index contributed by atoms with van der Waals surface area (Å²) < 4.78 is 5.33. The minimum absolute atomic E-state index is 0. The minimum atomic E-state index is -0.151. The third kappa shape index (κ3) is 2.63. The number of nitriles is 1. The second-order valence-electron chi connectivity index (χ2n) is 4.30. The topological polar surface area (TPSA) is 36.3 Å². The van der Waals surface area contributed by atoms with Crippen molar-refractivity contribution in [1.29, 1.82) is 5.26 Å². The van der Waals surface area contributed by atoms with Gasteiger partial charge in [0.25, 0.3) is 0 Å². The van der Waals surface area contributed by atoms with Crippen LogP contribution >= 0.6 is 12.4 Å². The monoisotopic (exact) mass is 230 g/mol. The lowest BCUT2D eigenvalue weighted by molar-refractivity contribution is -0.0148. The van der Waals surface area contributed by atoms with Crippen LogP contribution in [0.3, 0.4) is 0 Å². The second-order valence-corrected chi connectivity index (χ2v) is 4.30. The van der Waals surface area contributed by atoms with E-state index in [0.717, 1.165) is 39.1 Å². The predicted molar refractivity (Wildman–Crippen MR) is 61.1 cm³/mol. The number of morpholine rings is 1. The quantitative estimate of drug-likeness (QED) is 0.691. The molecule has 0 aromatic carbocycles. The zero-order valence-corrected chi connectivity index (χ0v) is 9.89. The Balaban J connectivity index is 0.00000112. The summed E-state index contributed by atoms with van der Waals surface area (Å²) in [4.78, 5) is 2.34. The smallest absolute Gasteiger partial charge is 0.109 e. The molecule has 0 amide bonds. The first-order chi connectivity index (χ1) is 6.87. The summed E-state index contributed by atoms with van der Waals surface area (Å²) in [6, 6.07) is 2.56. The number of rotatable bonds is 1. The molecule has 0 spiro atoms. The number of halogens is 1. The van der Waals surface area contributed by atoms with Gasteiger partial charge in [-0.15, -0.1) is 12.4 Å². The summed E-state index contributed by atoms with van der Waals surface area (Å²) in [6.07, 6.45) is 5.84. The first kappa shape index (κ1) is 12.8. The highest BCUT2D eigenvalue weighted by molar-refractivity contribution is 5.85. The highest BCUT2D eigenvalue weighted by Crippen LogP contribution is 2.33. The molecule has 4 heteroatoms. The molecule has 1 saturated carbocycles. The summed E-state index contributed by atoms with van der Waals surface area (Å²) >= 11 is 0. The first-order valence-corrected chi connectivity index (χ1v) is 5.61. The summed E-state index contributed by atoms with van der Waals surface area (Å²) in [6.45, 7) is 3.47. The fourth-order valence-corrected chi connectivity index (χ4v) is 2.63. The van der Waals surface area contributed by atoms with Crippen molar-refractivity contribution < 1.29 is 4.74 Å². The van der Waals surface area contributed by atoms with Gasteiger partial charge in [-0.1, -0.05) is 19.3 Å². The van der Waals surface area contributed by atoms with Crippen LogP contribution in [0, 0.1) is 11.3 Å². The molecule has 1 saturated heterocycles. The molecule has 2 rings (SSSR count). The Kier molecular flexibility index (Phi) is 4.85. The van der Waals surface area contributed by atoms with Crippen molar-refractivity contribution in [2.24, 2.45) is 0 Å². The maximum Gasteiger partial charge on any atom is 0.109 e. The van der Waals surface area contributed by atoms with Crippen LogP contribution in [-0.2, 0) is 4.74 Å². The maximum atomic E-state index is 9.36. The normalized spacial score (nSPS) is 26.3. The average molecular weight is 231 g/mol. The van der Waals surface area contributed by atoms with Crippen LogP contribution in [-0.4, -0.2) is 36.7 Å². The molecule has 1 aliphatic carbocycles. The lowest BCUT2D eigenvalue weighted by Gasteiger charge is -2.43. The molecule has 86 valence electrons. The number of ether oxygens (including phenoxy) is 1. The highest BCUT2D eigenvalue weighted by atomic mass is 35.5. The van der Waals surface area contributed by atoms with Gasteiger partial charge in [-0.3, -0.25) is 4.90 Å². The van der Waals surface area contributed by atoms with Gasteiger partial charge < -0.3 is 4.74 Å². The van der Waals surface area contributed by atoms with E-state index in [1.54, 1.807) is 0 Å². The van der Waals surface area contributed by atoms with Gasteiger partial charge in [0.2, 0.25) is 0 Å². The van der Waals surface area contributed by atoms with Gasteiger partial charge in [0.05, 0.1) is 19.3 Å². The van der Waals surface area contributed by atoms with Crippen molar-refractivity contribution in [1.82, 2.24) is 4.90 Å². The Bertz CT molecular complexity index is 227. The summed E-state index contributed by atoms with van der Waals surface area (Å²) in [5.74, 6) is 0. The van der Waals surface area contributed by atoms with Crippen molar-refractivity contribution in [2.45, 2.75) is 37.6 Å². The number of hydrogen-bond acceptors (Lipinski definition) is 3. The molecule has 0 aromatic rings. The Morgan fingerprint density at radius 2 is 1.67 bits per heavy atom. The van der Waals surface area contributed by atoms with E-state index in [2.05, 4.69) is 11.0 Å². The van der Waals surface area contributed by atoms with Crippen molar-refractivity contribution >= 4 is 12.4 Å². The van der Waals surface area contributed by atoms with Crippen LogP contribution in [0.15, 0.2) is 0 Å². The van der Waals surface area contributed by atoms with E-state index < -0.39 is 0 Å². The summed E-state index contributed by atoms with van der Waals surface area (Å²) in [7, 11) is 0. The first-order valence-electron chi connectivity index (χ1n) is 5.61. The van der Waals surface area contributed by atoms with E-state index in [1.165, 1.54) is 19.3 Å². The average Bonchev–Trinajstić information content (AvgIpc) is 2.31. The molecular formula is C11H19ClN2O. The van der Waals surface area contributed by atoms with Gasteiger partial charge in [-0.2, -0.15) is 5.26 Å². The van der Waals surface area contributed by atoms with Gasteiger partial charge in [0, 0.05) is 13.1 Å². The molecule has 0 N–H and O–H groups in total. The lowest BCUT2D eigenvalue weighted by Crippen LogP contribution is -2.53. The Morgan fingerprint density at radius 3 is 2.20 bits per heavy atom.